The molecule has 0 radical (unpaired) electrons. The maximum atomic E-state index is 11.2. The second kappa shape index (κ2) is 8.88. The Morgan fingerprint density at radius 1 is 1.17 bits per heavy atom. The van der Waals surface area contributed by atoms with Crippen molar-refractivity contribution in [1.29, 1.82) is 0 Å². The van der Waals surface area contributed by atoms with Gasteiger partial charge in [0, 0.05) is 19.3 Å². The molecule has 0 bridgehead atoms. The fraction of sp³-hybridized carbons (Fsp3) is 0.467. The Bertz CT molecular complexity index is 727. The number of unbranched alkanes of at least 4 members (excludes halogenated alkanes) is 1. The Balaban J connectivity index is 1.71. The van der Waals surface area contributed by atoms with Crippen LogP contribution in [0.2, 0.25) is 0 Å². The number of nitrogens with zero attached hydrogens (tertiary/aromatic N) is 3. The summed E-state index contributed by atoms with van der Waals surface area (Å²) in [4.78, 5) is 0.130. The van der Waals surface area contributed by atoms with Gasteiger partial charge in [0.05, 0.1) is 10.6 Å². The second-order valence-corrected chi connectivity index (χ2v) is 7.15. The normalized spacial score (nSPS) is 11.8. The molecule has 0 saturated heterocycles. The summed E-state index contributed by atoms with van der Waals surface area (Å²) in [5, 5.41) is 16.6. The molecule has 0 fully saturated rings. The van der Waals surface area contributed by atoms with Gasteiger partial charge in [-0.05, 0) is 50.0 Å². The van der Waals surface area contributed by atoms with Crippen molar-refractivity contribution in [2.45, 2.75) is 37.2 Å². The zero-order chi connectivity index (χ0) is 17.4. The average Bonchev–Trinajstić information content (AvgIpc) is 2.99. The maximum Gasteiger partial charge on any atom is 0.238 e. The zero-order valence-electron chi connectivity index (χ0n) is 13.6. The van der Waals surface area contributed by atoms with E-state index in [1.54, 1.807) is 12.1 Å². The standard InChI is InChI=1S/C15H24N6O2S/c16-8-1-2-10-21-12-14(19-20-21)11-18-9-7-13-3-5-15(6-4-13)24(17,22)23/h3-6,12,18H,1-2,7-11,16H2,(H2,17,22,23). The Kier molecular flexibility index (Phi) is 6.85. The summed E-state index contributed by atoms with van der Waals surface area (Å²) in [6.07, 6.45) is 4.71. The zero-order valence-corrected chi connectivity index (χ0v) is 14.4. The molecule has 132 valence electrons. The van der Waals surface area contributed by atoms with Gasteiger partial charge in [0.1, 0.15) is 0 Å². The molecule has 24 heavy (non-hydrogen) atoms. The summed E-state index contributed by atoms with van der Waals surface area (Å²) in [7, 11) is -3.63. The molecule has 1 aromatic heterocycles. The fourth-order valence-corrected chi connectivity index (χ4v) is 2.76. The van der Waals surface area contributed by atoms with Crippen LogP contribution in [0.25, 0.3) is 0 Å². The third-order valence-corrected chi connectivity index (χ3v) is 4.51. The van der Waals surface area contributed by atoms with Gasteiger partial charge in [-0.2, -0.15) is 0 Å². The van der Waals surface area contributed by atoms with Gasteiger partial charge in [0.2, 0.25) is 10.0 Å². The largest absolute Gasteiger partial charge is 0.330 e. The number of nitrogens with one attached hydrogen (secondary N) is 1. The van der Waals surface area contributed by atoms with Crippen molar-refractivity contribution in [3.63, 3.8) is 0 Å². The van der Waals surface area contributed by atoms with Crippen LogP contribution in [0.5, 0.6) is 0 Å². The summed E-state index contributed by atoms with van der Waals surface area (Å²) in [6, 6.07) is 6.60. The van der Waals surface area contributed by atoms with E-state index in [9.17, 15) is 8.42 Å². The van der Waals surface area contributed by atoms with Crippen molar-refractivity contribution in [1.82, 2.24) is 20.3 Å². The third-order valence-electron chi connectivity index (χ3n) is 3.58. The minimum absolute atomic E-state index is 0.130. The number of primary sulfonamides is 1. The van der Waals surface area contributed by atoms with E-state index >= 15 is 0 Å². The molecular weight excluding hydrogens is 328 g/mol. The van der Waals surface area contributed by atoms with E-state index < -0.39 is 10.0 Å². The average molecular weight is 352 g/mol. The molecular formula is C15H24N6O2S. The second-order valence-electron chi connectivity index (χ2n) is 5.58. The van der Waals surface area contributed by atoms with Crippen LogP contribution < -0.4 is 16.2 Å². The highest BCUT2D eigenvalue weighted by Gasteiger charge is 2.06. The molecule has 1 aromatic carbocycles. The first-order chi connectivity index (χ1) is 11.5. The van der Waals surface area contributed by atoms with E-state index in [2.05, 4.69) is 15.6 Å². The molecule has 9 heteroatoms. The van der Waals surface area contributed by atoms with Crippen LogP contribution >= 0.6 is 0 Å². The van der Waals surface area contributed by atoms with Gasteiger partial charge in [0.25, 0.3) is 0 Å². The lowest BCUT2D eigenvalue weighted by atomic mass is 10.1. The summed E-state index contributed by atoms with van der Waals surface area (Å²) >= 11 is 0. The van der Waals surface area contributed by atoms with Crippen LogP contribution in [0, 0.1) is 0 Å². The van der Waals surface area contributed by atoms with Crippen LogP contribution in [0.4, 0.5) is 0 Å². The summed E-state index contributed by atoms with van der Waals surface area (Å²) in [5.41, 5.74) is 7.40. The summed E-state index contributed by atoms with van der Waals surface area (Å²) in [5.74, 6) is 0. The van der Waals surface area contributed by atoms with Crippen molar-refractivity contribution >= 4 is 10.0 Å². The number of benzene rings is 1. The first kappa shape index (κ1) is 18.5. The molecule has 0 aliphatic heterocycles. The summed E-state index contributed by atoms with van der Waals surface area (Å²) in [6.45, 7) is 2.93. The van der Waals surface area contributed by atoms with Crippen molar-refractivity contribution in [2.75, 3.05) is 13.1 Å². The number of nitrogens with two attached hydrogens (primary N) is 2. The molecule has 0 unspecified atom stereocenters. The molecule has 2 rings (SSSR count). The van der Waals surface area contributed by atoms with Crippen LogP contribution in [0.1, 0.15) is 24.1 Å². The minimum Gasteiger partial charge on any atom is -0.330 e. The highest BCUT2D eigenvalue weighted by Crippen LogP contribution is 2.09. The van der Waals surface area contributed by atoms with Gasteiger partial charge in [-0.25, -0.2) is 13.6 Å². The SMILES string of the molecule is NCCCCn1cc(CNCCc2ccc(S(N)(=O)=O)cc2)nn1. The van der Waals surface area contributed by atoms with Crippen LogP contribution in [-0.4, -0.2) is 36.5 Å². The van der Waals surface area contributed by atoms with E-state index in [0.717, 1.165) is 43.6 Å². The van der Waals surface area contributed by atoms with E-state index in [-0.39, 0.29) is 4.90 Å². The Morgan fingerprint density at radius 3 is 2.58 bits per heavy atom. The van der Waals surface area contributed by atoms with E-state index in [0.29, 0.717) is 13.1 Å². The predicted octanol–water partition coefficient (Wildman–Crippen LogP) is -0.00330. The summed E-state index contributed by atoms with van der Waals surface area (Å²) < 4.78 is 24.2. The molecule has 0 spiro atoms. The lowest BCUT2D eigenvalue weighted by molar-refractivity contribution is 0.544. The van der Waals surface area contributed by atoms with Crippen molar-refractivity contribution in [2.24, 2.45) is 10.9 Å². The monoisotopic (exact) mass is 352 g/mol. The number of sulfonamides is 1. The smallest absolute Gasteiger partial charge is 0.238 e. The number of hydrogen-bond acceptors (Lipinski definition) is 6. The van der Waals surface area contributed by atoms with Gasteiger partial charge < -0.3 is 11.1 Å². The van der Waals surface area contributed by atoms with Crippen molar-refractivity contribution < 1.29 is 8.42 Å². The van der Waals surface area contributed by atoms with Crippen LogP contribution in [-0.2, 0) is 29.5 Å². The van der Waals surface area contributed by atoms with E-state index in [1.807, 2.05) is 10.9 Å². The quantitative estimate of drug-likeness (QED) is 0.516. The lowest BCUT2D eigenvalue weighted by Gasteiger charge is -2.04. The van der Waals surface area contributed by atoms with Gasteiger partial charge >= 0.3 is 0 Å². The first-order valence-electron chi connectivity index (χ1n) is 7.90. The lowest BCUT2D eigenvalue weighted by Crippen LogP contribution is -2.17. The molecule has 0 aliphatic carbocycles. The molecule has 0 atom stereocenters. The fourth-order valence-electron chi connectivity index (χ4n) is 2.24. The van der Waals surface area contributed by atoms with Gasteiger partial charge in [-0.3, -0.25) is 4.68 Å². The molecule has 0 aliphatic rings. The Morgan fingerprint density at radius 2 is 1.92 bits per heavy atom. The van der Waals surface area contributed by atoms with E-state index in [4.69, 9.17) is 10.9 Å². The van der Waals surface area contributed by atoms with Gasteiger partial charge in [-0.15, -0.1) is 5.10 Å². The van der Waals surface area contributed by atoms with Crippen LogP contribution in [0.15, 0.2) is 35.4 Å². The molecule has 2 aromatic rings. The highest BCUT2D eigenvalue weighted by molar-refractivity contribution is 7.89. The number of hydrogen-bond donors (Lipinski definition) is 3. The number of aryl methyl sites for hydroxylation is 1. The molecule has 0 saturated carbocycles. The van der Waals surface area contributed by atoms with Gasteiger partial charge in [-0.1, -0.05) is 17.3 Å². The van der Waals surface area contributed by atoms with E-state index in [1.165, 1.54) is 12.1 Å². The third kappa shape index (κ3) is 6.00. The topological polar surface area (TPSA) is 129 Å². The van der Waals surface area contributed by atoms with Crippen molar-refractivity contribution in [3.8, 4) is 0 Å². The Hall–Kier alpha value is -1.81. The van der Waals surface area contributed by atoms with Gasteiger partial charge in [0.15, 0.2) is 0 Å². The minimum atomic E-state index is -3.63. The first-order valence-corrected chi connectivity index (χ1v) is 9.45. The number of aromatic nitrogens is 3. The molecule has 5 N–H and O–H groups in total. The highest BCUT2D eigenvalue weighted by atomic mass is 32.2. The molecule has 8 nitrogen and oxygen atoms in total. The predicted molar refractivity (Wildman–Crippen MR) is 91.5 cm³/mol. The molecule has 1 heterocycles. The van der Waals surface area contributed by atoms with Crippen LogP contribution in [0.3, 0.4) is 0 Å². The number of rotatable bonds is 10. The molecule has 0 amide bonds. The van der Waals surface area contributed by atoms with Crippen molar-refractivity contribution in [3.05, 3.63) is 41.7 Å². The maximum absolute atomic E-state index is 11.2. The Labute approximate surface area is 142 Å².